The minimum absolute atomic E-state index is 0.0529. The Balaban J connectivity index is 1.90. The van der Waals surface area contributed by atoms with Gasteiger partial charge in [-0.25, -0.2) is 9.97 Å². The molecule has 1 aliphatic heterocycles. The zero-order valence-corrected chi connectivity index (χ0v) is 12.4. The Morgan fingerprint density at radius 3 is 2.67 bits per heavy atom. The quantitative estimate of drug-likeness (QED) is 0.850. The normalized spacial score (nSPS) is 18.0. The molecule has 1 aliphatic rings. The van der Waals surface area contributed by atoms with Crippen molar-refractivity contribution in [3.05, 3.63) is 47.8 Å². The molecule has 108 valence electrons. The fourth-order valence-corrected chi connectivity index (χ4v) is 2.79. The van der Waals surface area contributed by atoms with E-state index in [9.17, 15) is 4.79 Å². The molecule has 1 unspecified atom stereocenters. The minimum Gasteiger partial charge on any atom is -0.336 e. The number of nitrogens with zero attached hydrogens (tertiary/aromatic N) is 3. The van der Waals surface area contributed by atoms with Crippen LogP contribution in [-0.4, -0.2) is 33.4 Å². The highest BCUT2D eigenvalue weighted by molar-refractivity contribution is 5.95. The largest absolute Gasteiger partial charge is 0.336 e. The van der Waals surface area contributed by atoms with Crippen molar-refractivity contribution in [1.82, 2.24) is 14.9 Å². The number of rotatable bonds is 2. The van der Waals surface area contributed by atoms with Crippen LogP contribution < -0.4 is 0 Å². The van der Waals surface area contributed by atoms with Crippen molar-refractivity contribution in [3.63, 3.8) is 0 Å². The van der Waals surface area contributed by atoms with Crippen molar-refractivity contribution in [1.29, 1.82) is 0 Å². The van der Waals surface area contributed by atoms with E-state index in [2.05, 4.69) is 16.9 Å². The second kappa shape index (κ2) is 5.64. The molecule has 1 atom stereocenters. The Morgan fingerprint density at radius 2 is 2.05 bits per heavy atom. The molecule has 1 amide bonds. The Kier molecular flexibility index (Phi) is 3.69. The van der Waals surface area contributed by atoms with Crippen LogP contribution in [0.2, 0.25) is 0 Å². The molecule has 0 spiro atoms. The molecule has 1 fully saturated rings. The van der Waals surface area contributed by atoms with Crippen molar-refractivity contribution in [2.75, 3.05) is 6.54 Å². The van der Waals surface area contributed by atoms with Gasteiger partial charge in [0.2, 0.25) is 0 Å². The smallest absolute Gasteiger partial charge is 0.257 e. The van der Waals surface area contributed by atoms with Crippen LogP contribution >= 0.6 is 0 Å². The molecule has 3 rings (SSSR count). The molecule has 1 aromatic carbocycles. The third-order valence-corrected chi connectivity index (χ3v) is 4.06. The highest BCUT2D eigenvalue weighted by Crippen LogP contribution is 2.21. The Labute approximate surface area is 124 Å². The number of aromatic nitrogens is 2. The predicted octanol–water partition coefficient (Wildman–Crippen LogP) is 3.08. The van der Waals surface area contributed by atoms with E-state index < -0.39 is 0 Å². The lowest BCUT2D eigenvalue weighted by molar-refractivity contribution is 0.0746. The van der Waals surface area contributed by atoms with Crippen LogP contribution in [0.4, 0.5) is 0 Å². The third kappa shape index (κ3) is 2.66. The van der Waals surface area contributed by atoms with Crippen LogP contribution in [0.25, 0.3) is 11.4 Å². The average molecular weight is 281 g/mol. The zero-order valence-electron chi connectivity index (χ0n) is 12.4. The van der Waals surface area contributed by atoms with E-state index in [1.54, 1.807) is 6.20 Å². The lowest BCUT2D eigenvalue weighted by Crippen LogP contribution is -2.34. The Bertz CT molecular complexity index is 654. The Hall–Kier alpha value is -2.23. The molecule has 0 radical (unpaired) electrons. The first kappa shape index (κ1) is 13.7. The number of carbonyl (C=O) groups is 1. The number of carbonyl (C=O) groups excluding carboxylic acids is 1. The molecule has 4 heteroatoms. The molecular weight excluding hydrogens is 262 g/mol. The first-order chi connectivity index (χ1) is 10.2. The van der Waals surface area contributed by atoms with Crippen molar-refractivity contribution >= 4 is 5.91 Å². The maximum Gasteiger partial charge on any atom is 0.257 e. The highest BCUT2D eigenvalue weighted by Gasteiger charge is 2.27. The van der Waals surface area contributed by atoms with Gasteiger partial charge < -0.3 is 4.90 Å². The lowest BCUT2D eigenvalue weighted by Gasteiger charge is -2.22. The number of hydrogen-bond acceptors (Lipinski definition) is 3. The second-order valence-corrected chi connectivity index (χ2v) is 5.55. The summed E-state index contributed by atoms with van der Waals surface area (Å²) < 4.78 is 0. The first-order valence-electron chi connectivity index (χ1n) is 7.37. The molecule has 1 saturated heterocycles. The first-order valence-corrected chi connectivity index (χ1v) is 7.37. The number of likely N-dealkylation sites (tertiary alicyclic amines) is 1. The van der Waals surface area contributed by atoms with Crippen LogP contribution in [0.15, 0.2) is 36.5 Å². The SMILES string of the molecule is Cc1nc(-c2ccccc2)ncc1C(=O)N1CCCC1C. The van der Waals surface area contributed by atoms with E-state index in [4.69, 9.17) is 0 Å². The summed E-state index contributed by atoms with van der Waals surface area (Å²) in [4.78, 5) is 23.4. The van der Waals surface area contributed by atoms with E-state index in [-0.39, 0.29) is 5.91 Å². The van der Waals surface area contributed by atoms with Crippen LogP contribution in [0, 0.1) is 6.92 Å². The zero-order chi connectivity index (χ0) is 14.8. The van der Waals surface area contributed by atoms with E-state index in [1.165, 1.54) is 0 Å². The molecule has 4 nitrogen and oxygen atoms in total. The van der Waals surface area contributed by atoms with Crippen LogP contribution in [0.5, 0.6) is 0 Å². The van der Waals surface area contributed by atoms with Gasteiger partial charge in [0.05, 0.1) is 11.3 Å². The standard InChI is InChI=1S/C17H19N3O/c1-12-7-6-10-20(12)17(21)15-11-18-16(19-13(15)2)14-8-4-3-5-9-14/h3-5,8-9,11-12H,6-7,10H2,1-2H3. The number of hydrogen-bond donors (Lipinski definition) is 0. The molecule has 1 aromatic heterocycles. The van der Waals surface area contributed by atoms with Gasteiger partial charge in [-0.2, -0.15) is 0 Å². The summed E-state index contributed by atoms with van der Waals surface area (Å²) in [5.74, 6) is 0.719. The molecule has 0 aliphatic carbocycles. The molecule has 0 N–H and O–H groups in total. The Morgan fingerprint density at radius 1 is 1.29 bits per heavy atom. The van der Waals surface area contributed by atoms with Gasteiger partial charge in [-0.05, 0) is 26.7 Å². The molecule has 0 bridgehead atoms. The molecule has 21 heavy (non-hydrogen) atoms. The van der Waals surface area contributed by atoms with Gasteiger partial charge in [0.25, 0.3) is 5.91 Å². The van der Waals surface area contributed by atoms with Crippen LogP contribution in [0.1, 0.15) is 35.8 Å². The highest BCUT2D eigenvalue weighted by atomic mass is 16.2. The minimum atomic E-state index is 0.0529. The summed E-state index contributed by atoms with van der Waals surface area (Å²) in [5.41, 5.74) is 2.32. The van der Waals surface area contributed by atoms with Crippen molar-refractivity contribution < 1.29 is 4.79 Å². The van der Waals surface area contributed by atoms with Crippen molar-refractivity contribution in [2.24, 2.45) is 0 Å². The molecule has 0 saturated carbocycles. The van der Waals surface area contributed by atoms with Crippen LogP contribution in [-0.2, 0) is 0 Å². The topological polar surface area (TPSA) is 46.1 Å². The molecule has 2 aromatic rings. The maximum atomic E-state index is 12.6. The average Bonchev–Trinajstić information content (AvgIpc) is 2.93. The summed E-state index contributed by atoms with van der Waals surface area (Å²) in [6, 6.07) is 10.1. The number of benzene rings is 1. The molecule has 2 heterocycles. The van der Waals surface area contributed by atoms with Gasteiger partial charge in [-0.1, -0.05) is 30.3 Å². The van der Waals surface area contributed by atoms with Gasteiger partial charge in [-0.3, -0.25) is 4.79 Å². The fraction of sp³-hybridized carbons (Fsp3) is 0.353. The maximum absolute atomic E-state index is 12.6. The van der Waals surface area contributed by atoms with Gasteiger partial charge >= 0.3 is 0 Å². The van der Waals surface area contributed by atoms with Gasteiger partial charge in [-0.15, -0.1) is 0 Å². The lowest BCUT2D eigenvalue weighted by atomic mass is 10.1. The molecular formula is C17H19N3O. The van der Waals surface area contributed by atoms with Gasteiger partial charge in [0.1, 0.15) is 0 Å². The summed E-state index contributed by atoms with van der Waals surface area (Å²) in [7, 11) is 0. The predicted molar refractivity (Wildman–Crippen MR) is 81.9 cm³/mol. The summed E-state index contributed by atoms with van der Waals surface area (Å²) in [6.07, 6.45) is 3.82. The van der Waals surface area contributed by atoms with Crippen molar-refractivity contribution in [2.45, 2.75) is 32.7 Å². The number of amides is 1. The van der Waals surface area contributed by atoms with Gasteiger partial charge in [0, 0.05) is 24.3 Å². The summed E-state index contributed by atoms with van der Waals surface area (Å²) in [6.45, 7) is 4.81. The monoisotopic (exact) mass is 281 g/mol. The summed E-state index contributed by atoms with van der Waals surface area (Å²) in [5, 5.41) is 0. The van der Waals surface area contributed by atoms with E-state index in [1.807, 2.05) is 42.2 Å². The van der Waals surface area contributed by atoms with Crippen molar-refractivity contribution in [3.8, 4) is 11.4 Å². The fourth-order valence-electron chi connectivity index (χ4n) is 2.79. The van der Waals surface area contributed by atoms with E-state index in [0.717, 1.165) is 30.6 Å². The number of aryl methyl sites for hydroxylation is 1. The summed E-state index contributed by atoms with van der Waals surface area (Å²) >= 11 is 0. The van der Waals surface area contributed by atoms with E-state index in [0.29, 0.717) is 17.4 Å². The third-order valence-electron chi connectivity index (χ3n) is 4.06. The van der Waals surface area contributed by atoms with Crippen LogP contribution in [0.3, 0.4) is 0 Å². The second-order valence-electron chi connectivity index (χ2n) is 5.55. The van der Waals surface area contributed by atoms with E-state index >= 15 is 0 Å². The van der Waals surface area contributed by atoms with Gasteiger partial charge in [0.15, 0.2) is 5.82 Å².